The molecule has 3 heteroatoms. The van der Waals surface area contributed by atoms with Gasteiger partial charge in [-0.1, -0.05) is 29.8 Å². The lowest BCUT2D eigenvalue weighted by atomic mass is 9.78. The first-order chi connectivity index (χ1) is 9.15. The van der Waals surface area contributed by atoms with Crippen molar-refractivity contribution in [3.8, 4) is 0 Å². The quantitative estimate of drug-likeness (QED) is 0.838. The van der Waals surface area contributed by atoms with Crippen LogP contribution in [0.25, 0.3) is 0 Å². The Morgan fingerprint density at radius 1 is 1.11 bits per heavy atom. The first-order valence-electron chi connectivity index (χ1n) is 6.78. The fourth-order valence-corrected chi connectivity index (χ4v) is 2.99. The summed E-state index contributed by atoms with van der Waals surface area (Å²) in [5, 5.41) is 2.88. The summed E-state index contributed by atoms with van der Waals surface area (Å²) in [7, 11) is 0. The molecule has 0 saturated heterocycles. The number of Topliss-reactive ketones (excluding diaryl/α,β-unsaturated/α-hetero) is 1. The number of nitrogens with one attached hydrogen (secondary N) is 1. The molecule has 1 N–H and O–H groups in total. The highest BCUT2D eigenvalue weighted by Gasteiger charge is 2.34. The second-order valence-electron chi connectivity index (χ2n) is 5.38. The van der Waals surface area contributed by atoms with Crippen molar-refractivity contribution in [2.24, 2.45) is 0 Å². The van der Waals surface area contributed by atoms with E-state index in [0.29, 0.717) is 12.8 Å². The van der Waals surface area contributed by atoms with Gasteiger partial charge in [-0.15, -0.1) is 0 Å². The molecule has 0 fully saturated rings. The number of hydrogen-bond donors (Lipinski definition) is 1. The number of amides is 1. The Hall–Kier alpha value is -1.90. The summed E-state index contributed by atoms with van der Waals surface area (Å²) in [6, 6.07) is 8.14. The maximum atomic E-state index is 12.2. The zero-order chi connectivity index (χ0) is 13.4. The summed E-state index contributed by atoms with van der Waals surface area (Å²) in [6.07, 6.45) is 2.65. The molecule has 2 aliphatic rings. The predicted octanol–water partition coefficient (Wildman–Crippen LogP) is 2.61. The number of carbonyl (C=O) groups excluding carboxylic acids is 2. The van der Waals surface area contributed by atoms with Crippen LogP contribution >= 0.6 is 0 Å². The Bertz CT molecular complexity index is 569. The van der Waals surface area contributed by atoms with Crippen LogP contribution in [0.2, 0.25) is 0 Å². The average molecular weight is 255 g/mol. The zero-order valence-corrected chi connectivity index (χ0v) is 11.0. The van der Waals surface area contributed by atoms with Gasteiger partial charge >= 0.3 is 0 Å². The highest BCUT2D eigenvalue weighted by molar-refractivity contribution is 6.01. The van der Waals surface area contributed by atoms with Crippen molar-refractivity contribution in [1.82, 2.24) is 5.32 Å². The van der Waals surface area contributed by atoms with Gasteiger partial charge in [0.15, 0.2) is 5.78 Å². The van der Waals surface area contributed by atoms with Crippen LogP contribution in [0.1, 0.15) is 42.7 Å². The summed E-state index contributed by atoms with van der Waals surface area (Å²) in [5.41, 5.74) is 3.96. The van der Waals surface area contributed by atoms with E-state index in [1.165, 1.54) is 5.56 Å². The van der Waals surface area contributed by atoms with Gasteiger partial charge < -0.3 is 5.32 Å². The molecule has 1 heterocycles. The van der Waals surface area contributed by atoms with E-state index >= 15 is 0 Å². The Morgan fingerprint density at radius 3 is 2.58 bits per heavy atom. The van der Waals surface area contributed by atoms with E-state index in [1.807, 2.05) is 31.2 Å². The molecule has 0 aromatic heterocycles. The van der Waals surface area contributed by atoms with E-state index < -0.39 is 0 Å². The van der Waals surface area contributed by atoms with Gasteiger partial charge in [-0.2, -0.15) is 0 Å². The van der Waals surface area contributed by atoms with E-state index in [0.717, 1.165) is 29.7 Å². The van der Waals surface area contributed by atoms with E-state index in [2.05, 4.69) is 5.32 Å². The highest BCUT2D eigenvalue weighted by atomic mass is 16.2. The van der Waals surface area contributed by atoms with Crippen LogP contribution < -0.4 is 5.32 Å². The molecule has 3 rings (SSSR count). The molecule has 1 aromatic rings. The van der Waals surface area contributed by atoms with E-state index in [-0.39, 0.29) is 17.6 Å². The summed E-state index contributed by atoms with van der Waals surface area (Å²) < 4.78 is 0. The fourth-order valence-electron chi connectivity index (χ4n) is 2.99. The molecular weight excluding hydrogens is 238 g/mol. The number of allylic oxidation sites excluding steroid dienone is 2. The van der Waals surface area contributed by atoms with E-state index in [1.54, 1.807) is 0 Å². The molecule has 0 unspecified atom stereocenters. The van der Waals surface area contributed by atoms with Gasteiger partial charge in [0, 0.05) is 30.0 Å². The van der Waals surface area contributed by atoms with Crippen molar-refractivity contribution >= 4 is 11.7 Å². The highest BCUT2D eigenvalue weighted by Crippen LogP contribution is 2.37. The number of aryl methyl sites for hydroxylation is 1. The minimum absolute atomic E-state index is 0.0269. The summed E-state index contributed by atoms with van der Waals surface area (Å²) in [4.78, 5) is 24.0. The van der Waals surface area contributed by atoms with E-state index in [9.17, 15) is 9.59 Å². The number of carbonyl (C=O) groups is 2. The van der Waals surface area contributed by atoms with Gasteiger partial charge in [-0.25, -0.2) is 0 Å². The molecule has 0 saturated carbocycles. The van der Waals surface area contributed by atoms with Crippen molar-refractivity contribution < 1.29 is 9.59 Å². The van der Waals surface area contributed by atoms with Gasteiger partial charge in [0.05, 0.1) is 0 Å². The van der Waals surface area contributed by atoms with E-state index in [4.69, 9.17) is 0 Å². The lowest BCUT2D eigenvalue weighted by molar-refractivity contribution is -0.122. The van der Waals surface area contributed by atoms with Crippen LogP contribution in [0, 0.1) is 6.92 Å². The molecule has 1 aliphatic carbocycles. The normalized spacial score (nSPS) is 23.1. The molecule has 1 aromatic carbocycles. The minimum Gasteiger partial charge on any atom is -0.329 e. The van der Waals surface area contributed by atoms with Gasteiger partial charge in [0.2, 0.25) is 5.91 Å². The third kappa shape index (κ3) is 2.21. The Balaban J connectivity index is 2.05. The summed E-state index contributed by atoms with van der Waals surface area (Å²) in [6.45, 7) is 2.04. The van der Waals surface area contributed by atoms with Crippen LogP contribution in [0.5, 0.6) is 0 Å². The fraction of sp³-hybridized carbons (Fsp3) is 0.375. The van der Waals surface area contributed by atoms with Crippen LogP contribution in [0.3, 0.4) is 0 Å². The predicted molar refractivity (Wildman–Crippen MR) is 72.6 cm³/mol. The molecule has 19 heavy (non-hydrogen) atoms. The number of hydrogen-bond acceptors (Lipinski definition) is 2. The molecule has 0 radical (unpaired) electrons. The van der Waals surface area contributed by atoms with Crippen molar-refractivity contribution in [3.05, 3.63) is 46.7 Å². The average Bonchev–Trinajstić information content (AvgIpc) is 2.38. The first-order valence-corrected chi connectivity index (χ1v) is 6.78. The Kier molecular flexibility index (Phi) is 2.97. The lowest BCUT2D eigenvalue weighted by Crippen LogP contribution is -2.36. The minimum atomic E-state index is -0.0582. The van der Waals surface area contributed by atoms with Crippen LogP contribution in [-0.4, -0.2) is 11.7 Å². The molecule has 1 amide bonds. The standard InChI is InChI=1S/C16H17NO2/c1-10-5-7-11(8-6-10)12-9-15(19)17-13-3-2-4-14(18)16(12)13/h5-8,12H,2-4,9H2,1H3,(H,17,19)/t12-/m0/s1. The third-order valence-corrected chi connectivity index (χ3v) is 3.96. The summed E-state index contributed by atoms with van der Waals surface area (Å²) >= 11 is 0. The van der Waals surface area contributed by atoms with Crippen molar-refractivity contribution in [3.63, 3.8) is 0 Å². The molecule has 0 bridgehead atoms. The van der Waals surface area contributed by atoms with Crippen LogP contribution in [0.4, 0.5) is 0 Å². The SMILES string of the molecule is Cc1ccc([C@@H]2CC(=O)NC3=C2C(=O)CCC3)cc1. The zero-order valence-electron chi connectivity index (χ0n) is 11.0. The largest absolute Gasteiger partial charge is 0.329 e. The number of rotatable bonds is 1. The monoisotopic (exact) mass is 255 g/mol. The number of ketones is 1. The Morgan fingerprint density at radius 2 is 1.84 bits per heavy atom. The molecule has 0 spiro atoms. The molecule has 1 atom stereocenters. The topological polar surface area (TPSA) is 46.2 Å². The van der Waals surface area contributed by atoms with Crippen molar-refractivity contribution in [2.45, 2.75) is 38.5 Å². The summed E-state index contributed by atoms with van der Waals surface area (Å²) in [5.74, 6) is 0.169. The second-order valence-corrected chi connectivity index (χ2v) is 5.38. The van der Waals surface area contributed by atoms with Gasteiger partial charge in [0.1, 0.15) is 0 Å². The van der Waals surface area contributed by atoms with Crippen molar-refractivity contribution in [1.29, 1.82) is 0 Å². The van der Waals surface area contributed by atoms with Gasteiger partial charge in [0.25, 0.3) is 0 Å². The number of benzene rings is 1. The van der Waals surface area contributed by atoms with Crippen LogP contribution in [0.15, 0.2) is 35.5 Å². The second kappa shape index (κ2) is 4.65. The van der Waals surface area contributed by atoms with Gasteiger partial charge in [-0.05, 0) is 25.3 Å². The molecule has 3 nitrogen and oxygen atoms in total. The lowest BCUT2D eigenvalue weighted by Gasteiger charge is -2.31. The maximum Gasteiger partial charge on any atom is 0.225 e. The van der Waals surface area contributed by atoms with Gasteiger partial charge in [-0.3, -0.25) is 9.59 Å². The molecule has 98 valence electrons. The third-order valence-electron chi connectivity index (χ3n) is 3.96. The van der Waals surface area contributed by atoms with Crippen LogP contribution in [-0.2, 0) is 9.59 Å². The first kappa shape index (κ1) is 12.2. The van der Waals surface area contributed by atoms with Crippen molar-refractivity contribution in [2.75, 3.05) is 0 Å². The molecular formula is C16H17NO2. The smallest absolute Gasteiger partial charge is 0.225 e. The molecule has 1 aliphatic heterocycles. The maximum absolute atomic E-state index is 12.2. The Labute approximate surface area is 112 Å².